The molecule has 0 atom stereocenters. The normalized spacial score (nSPS) is 10.6. The van der Waals surface area contributed by atoms with Crippen molar-refractivity contribution >= 4 is 15.9 Å². The summed E-state index contributed by atoms with van der Waals surface area (Å²) in [6, 6.07) is 8.75. The fraction of sp³-hybridized carbons (Fsp3) is 0.250. The summed E-state index contributed by atoms with van der Waals surface area (Å²) >= 11 is 3.53. The average molecular weight is 323 g/mol. The van der Waals surface area contributed by atoms with Crippen molar-refractivity contribution in [2.75, 3.05) is 0 Å². The Bertz CT molecular complexity index is 585. The van der Waals surface area contributed by atoms with E-state index in [2.05, 4.69) is 15.9 Å². The van der Waals surface area contributed by atoms with Crippen LogP contribution in [0.15, 0.2) is 34.8 Å². The Morgan fingerprint density at radius 3 is 2.21 bits per heavy atom. The number of benzene rings is 2. The highest BCUT2D eigenvalue weighted by Crippen LogP contribution is 2.27. The SMILES string of the molecule is Cc1cc(F)ccc1COc1cc(C)c(Br)c(C)c1. The third-order valence-electron chi connectivity index (χ3n) is 3.11. The van der Waals surface area contributed by atoms with Crippen LogP contribution in [0.1, 0.15) is 22.3 Å². The van der Waals surface area contributed by atoms with Crippen molar-refractivity contribution in [1.82, 2.24) is 0 Å². The number of hydrogen-bond acceptors (Lipinski definition) is 1. The van der Waals surface area contributed by atoms with Gasteiger partial charge < -0.3 is 4.74 Å². The van der Waals surface area contributed by atoms with E-state index < -0.39 is 0 Å². The molecule has 0 N–H and O–H groups in total. The van der Waals surface area contributed by atoms with Crippen LogP contribution >= 0.6 is 15.9 Å². The maximum Gasteiger partial charge on any atom is 0.123 e. The zero-order valence-corrected chi connectivity index (χ0v) is 12.8. The topological polar surface area (TPSA) is 9.23 Å². The van der Waals surface area contributed by atoms with Gasteiger partial charge in [0, 0.05) is 4.47 Å². The lowest BCUT2D eigenvalue weighted by molar-refractivity contribution is 0.305. The summed E-state index contributed by atoms with van der Waals surface area (Å²) in [7, 11) is 0. The standard InChI is InChI=1S/C16H16BrFO/c1-10-6-14(18)5-4-13(10)9-19-15-7-11(2)16(17)12(3)8-15/h4-8H,9H2,1-3H3. The van der Waals surface area contributed by atoms with Gasteiger partial charge in [-0.15, -0.1) is 0 Å². The highest BCUT2D eigenvalue weighted by atomic mass is 79.9. The first kappa shape index (κ1) is 14.1. The largest absolute Gasteiger partial charge is 0.489 e. The maximum absolute atomic E-state index is 13.0. The second-order valence-corrected chi connectivity index (χ2v) is 5.52. The van der Waals surface area contributed by atoms with E-state index in [0.29, 0.717) is 6.61 Å². The Hall–Kier alpha value is -1.35. The summed E-state index contributed by atoms with van der Waals surface area (Å²) in [5.41, 5.74) is 4.20. The van der Waals surface area contributed by atoms with Gasteiger partial charge in [-0.25, -0.2) is 4.39 Å². The fourth-order valence-corrected chi connectivity index (χ4v) is 2.20. The zero-order chi connectivity index (χ0) is 14.0. The Labute approximate surface area is 121 Å². The van der Waals surface area contributed by atoms with Crippen molar-refractivity contribution in [2.45, 2.75) is 27.4 Å². The second kappa shape index (κ2) is 5.74. The second-order valence-electron chi connectivity index (χ2n) is 4.73. The zero-order valence-electron chi connectivity index (χ0n) is 11.3. The molecular formula is C16H16BrFO. The van der Waals surface area contributed by atoms with Crippen LogP contribution in [0, 0.1) is 26.6 Å². The highest BCUT2D eigenvalue weighted by Gasteiger charge is 2.05. The molecule has 3 heteroatoms. The van der Waals surface area contributed by atoms with E-state index in [4.69, 9.17) is 4.74 Å². The molecule has 0 amide bonds. The number of halogens is 2. The van der Waals surface area contributed by atoms with Gasteiger partial charge in [-0.3, -0.25) is 0 Å². The fourth-order valence-electron chi connectivity index (χ4n) is 1.97. The minimum atomic E-state index is -0.211. The van der Waals surface area contributed by atoms with E-state index >= 15 is 0 Å². The van der Waals surface area contributed by atoms with E-state index in [1.807, 2.05) is 32.9 Å². The van der Waals surface area contributed by atoms with Gasteiger partial charge in [-0.1, -0.05) is 22.0 Å². The van der Waals surface area contributed by atoms with Gasteiger partial charge in [0.2, 0.25) is 0 Å². The minimum Gasteiger partial charge on any atom is -0.489 e. The van der Waals surface area contributed by atoms with E-state index in [-0.39, 0.29) is 5.82 Å². The molecular weight excluding hydrogens is 307 g/mol. The summed E-state index contributed by atoms with van der Waals surface area (Å²) in [4.78, 5) is 0. The Kier molecular flexibility index (Phi) is 4.25. The van der Waals surface area contributed by atoms with Crippen LogP contribution in [0.25, 0.3) is 0 Å². The van der Waals surface area contributed by atoms with E-state index in [1.165, 1.54) is 12.1 Å². The number of rotatable bonds is 3. The predicted octanol–water partition coefficient (Wildman–Crippen LogP) is 5.09. The van der Waals surface area contributed by atoms with Gasteiger partial charge in [0.1, 0.15) is 18.2 Å². The molecule has 2 aromatic carbocycles. The molecule has 0 radical (unpaired) electrons. The smallest absolute Gasteiger partial charge is 0.123 e. The van der Waals surface area contributed by atoms with Gasteiger partial charge in [-0.2, -0.15) is 0 Å². The van der Waals surface area contributed by atoms with Crippen LogP contribution in [0.2, 0.25) is 0 Å². The molecule has 2 rings (SSSR count). The van der Waals surface area contributed by atoms with E-state index in [1.54, 1.807) is 6.07 Å². The van der Waals surface area contributed by atoms with Crippen LogP contribution < -0.4 is 4.74 Å². The summed E-state index contributed by atoms with van der Waals surface area (Å²) < 4.78 is 19.9. The molecule has 100 valence electrons. The molecule has 0 bridgehead atoms. The molecule has 0 aliphatic rings. The van der Waals surface area contributed by atoms with Crippen molar-refractivity contribution in [3.05, 3.63) is 62.9 Å². The Morgan fingerprint density at radius 2 is 1.63 bits per heavy atom. The predicted molar refractivity (Wildman–Crippen MR) is 79.1 cm³/mol. The van der Waals surface area contributed by atoms with E-state index in [9.17, 15) is 4.39 Å². The van der Waals surface area contributed by atoms with Crippen LogP contribution in [0.4, 0.5) is 4.39 Å². The number of aryl methyl sites for hydroxylation is 3. The first-order valence-electron chi connectivity index (χ1n) is 6.12. The lowest BCUT2D eigenvalue weighted by atomic mass is 10.1. The molecule has 0 unspecified atom stereocenters. The minimum absolute atomic E-state index is 0.211. The summed E-state index contributed by atoms with van der Waals surface area (Å²) in [6.45, 7) is 6.41. The van der Waals surface area contributed by atoms with Gasteiger partial charge in [0.05, 0.1) is 0 Å². The first-order chi connectivity index (χ1) is 8.97. The Morgan fingerprint density at radius 1 is 1.00 bits per heavy atom. The molecule has 0 saturated carbocycles. The molecule has 0 aromatic heterocycles. The highest BCUT2D eigenvalue weighted by molar-refractivity contribution is 9.10. The molecule has 2 aromatic rings. The average Bonchev–Trinajstić information content (AvgIpc) is 2.34. The van der Waals surface area contributed by atoms with Gasteiger partial charge >= 0.3 is 0 Å². The maximum atomic E-state index is 13.0. The lowest BCUT2D eigenvalue weighted by Gasteiger charge is -2.11. The molecule has 0 heterocycles. The van der Waals surface area contributed by atoms with Crippen molar-refractivity contribution in [2.24, 2.45) is 0 Å². The molecule has 0 aliphatic heterocycles. The van der Waals surface area contributed by atoms with Crippen LogP contribution in [0.5, 0.6) is 5.75 Å². The first-order valence-corrected chi connectivity index (χ1v) is 6.91. The summed E-state index contributed by atoms with van der Waals surface area (Å²) in [5.74, 6) is 0.624. The van der Waals surface area contributed by atoms with Crippen LogP contribution in [-0.4, -0.2) is 0 Å². The molecule has 0 spiro atoms. The van der Waals surface area contributed by atoms with Crippen molar-refractivity contribution < 1.29 is 9.13 Å². The molecule has 0 saturated heterocycles. The van der Waals surface area contributed by atoms with Crippen molar-refractivity contribution in [3.8, 4) is 5.75 Å². The number of hydrogen-bond donors (Lipinski definition) is 0. The summed E-state index contributed by atoms with van der Waals surface area (Å²) in [6.07, 6.45) is 0. The van der Waals surface area contributed by atoms with Gasteiger partial charge in [0.15, 0.2) is 0 Å². The van der Waals surface area contributed by atoms with Crippen molar-refractivity contribution in [3.63, 3.8) is 0 Å². The molecule has 0 fully saturated rings. The third-order valence-corrected chi connectivity index (χ3v) is 4.36. The van der Waals surface area contributed by atoms with Crippen molar-refractivity contribution in [1.29, 1.82) is 0 Å². The third kappa shape index (κ3) is 3.35. The quantitative estimate of drug-likeness (QED) is 0.764. The van der Waals surface area contributed by atoms with Crippen LogP contribution in [-0.2, 0) is 6.61 Å². The lowest BCUT2D eigenvalue weighted by Crippen LogP contribution is -1.99. The van der Waals surface area contributed by atoms with E-state index in [0.717, 1.165) is 32.5 Å². The molecule has 19 heavy (non-hydrogen) atoms. The monoisotopic (exact) mass is 322 g/mol. The number of ether oxygens (including phenoxy) is 1. The molecule has 0 aliphatic carbocycles. The van der Waals surface area contributed by atoms with Gasteiger partial charge in [-0.05, 0) is 67.3 Å². The van der Waals surface area contributed by atoms with Gasteiger partial charge in [0.25, 0.3) is 0 Å². The Balaban J connectivity index is 2.14. The molecule has 1 nitrogen and oxygen atoms in total. The summed E-state index contributed by atoms with van der Waals surface area (Å²) in [5, 5.41) is 0. The van der Waals surface area contributed by atoms with Crippen LogP contribution in [0.3, 0.4) is 0 Å².